The molecule has 1 aliphatic rings. The molecule has 1 fully saturated rings. The quantitative estimate of drug-likeness (QED) is 0.419. The Labute approximate surface area is 198 Å². The number of aromatic nitrogens is 3. The van der Waals surface area contributed by atoms with Gasteiger partial charge in [-0.25, -0.2) is 4.98 Å². The predicted octanol–water partition coefficient (Wildman–Crippen LogP) is 5.08. The summed E-state index contributed by atoms with van der Waals surface area (Å²) in [7, 11) is 0. The first-order valence-corrected chi connectivity index (χ1v) is 11.3. The fourth-order valence-electron chi connectivity index (χ4n) is 4.59. The zero-order valence-electron chi connectivity index (χ0n) is 18.7. The second-order valence-corrected chi connectivity index (χ2v) is 8.76. The van der Waals surface area contributed by atoms with Gasteiger partial charge in [-0.05, 0) is 92.6 Å². The second-order valence-electron chi connectivity index (χ2n) is 8.37. The zero-order chi connectivity index (χ0) is 23.1. The Morgan fingerprint density at radius 3 is 2.42 bits per heavy atom. The third-order valence-corrected chi connectivity index (χ3v) is 6.45. The van der Waals surface area contributed by atoms with E-state index in [0.717, 1.165) is 39.7 Å². The Hall–Kier alpha value is -3.71. The molecule has 0 saturated carbocycles. The normalized spacial score (nSPS) is 17.9. The summed E-state index contributed by atoms with van der Waals surface area (Å²) in [5, 5.41) is 13.9. The van der Waals surface area contributed by atoms with Crippen LogP contribution in [0.15, 0.2) is 73.1 Å². The second kappa shape index (κ2) is 8.33. The molecule has 0 spiro atoms. The van der Waals surface area contributed by atoms with Crippen LogP contribution < -0.4 is 10.2 Å². The van der Waals surface area contributed by atoms with Crippen molar-refractivity contribution in [1.29, 1.82) is 0 Å². The van der Waals surface area contributed by atoms with Gasteiger partial charge in [0.25, 0.3) is 0 Å². The maximum atomic E-state index is 9.82. The number of hydrogen-bond acceptors (Lipinski definition) is 4. The lowest BCUT2D eigenvalue weighted by Gasteiger charge is -2.28. The summed E-state index contributed by atoms with van der Waals surface area (Å²) in [6, 6.07) is 19.1. The van der Waals surface area contributed by atoms with E-state index in [1.54, 1.807) is 18.3 Å². The number of nitrogens with zero attached hydrogens (tertiary/aromatic N) is 4. The van der Waals surface area contributed by atoms with E-state index in [1.165, 1.54) is 0 Å². The van der Waals surface area contributed by atoms with E-state index in [9.17, 15) is 5.11 Å². The number of pyridine rings is 2. The number of anilines is 1. The predicted molar refractivity (Wildman–Crippen MR) is 134 cm³/mol. The highest BCUT2D eigenvalue weighted by molar-refractivity contribution is 7.80. The molecule has 0 bridgehead atoms. The fraction of sp³-hybridized carbons (Fsp3) is 0.192. The molecule has 0 unspecified atom stereocenters. The number of nitrogens with one attached hydrogen (secondary N) is 1. The number of phenols is 1. The van der Waals surface area contributed by atoms with E-state index >= 15 is 0 Å². The SMILES string of the molecule is Cc1ccc(-n2c(C)cc([C@@H]3[C@@H](c4ccccn4)NC(=S)N3c3ccc(O)cc3)c2C)nc1. The highest BCUT2D eigenvalue weighted by atomic mass is 32.1. The van der Waals surface area contributed by atoms with Crippen molar-refractivity contribution in [3.05, 3.63) is 101 Å². The Balaban J connectivity index is 1.67. The van der Waals surface area contributed by atoms with Crippen LogP contribution in [0.5, 0.6) is 5.75 Å². The molecular formula is C26H25N5OS. The molecule has 1 saturated heterocycles. The minimum absolute atomic E-state index is 0.123. The molecule has 1 aliphatic heterocycles. The van der Waals surface area contributed by atoms with E-state index in [1.807, 2.05) is 49.5 Å². The summed E-state index contributed by atoms with van der Waals surface area (Å²) in [5.41, 5.74) is 6.30. The van der Waals surface area contributed by atoms with Crippen LogP contribution in [0.3, 0.4) is 0 Å². The van der Waals surface area contributed by atoms with Gasteiger partial charge in [0.15, 0.2) is 5.11 Å². The van der Waals surface area contributed by atoms with Crippen molar-refractivity contribution in [3.63, 3.8) is 0 Å². The number of aromatic hydroxyl groups is 1. The van der Waals surface area contributed by atoms with E-state index in [0.29, 0.717) is 5.11 Å². The van der Waals surface area contributed by atoms with Gasteiger partial charge in [-0.3, -0.25) is 4.98 Å². The summed E-state index contributed by atoms with van der Waals surface area (Å²) in [6.07, 6.45) is 3.69. The van der Waals surface area contributed by atoms with Crippen LogP contribution in [0.2, 0.25) is 0 Å². The molecule has 4 heterocycles. The first kappa shape index (κ1) is 21.2. The summed E-state index contributed by atoms with van der Waals surface area (Å²) in [4.78, 5) is 11.4. The molecule has 7 heteroatoms. The summed E-state index contributed by atoms with van der Waals surface area (Å²) < 4.78 is 2.18. The van der Waals surface area contributed by atoms with Crippen LogP contribution in [-0.2, 0) is 0 Å². The first-order chi connectivity index (χ1) is 15.9. The van der Waals surface area contributed by atoms with Crippen LogP contribution in [0.4, 0.5) is 5.69 Å². The standard InChI is InChI=1S/C26H25N5OS/c1-16-7-12-23(28-15-16)30-17(2)14-21(18(30)3)25-24(22-6-4-5-13-27-22)29-26(33)31(25)19-8-10-20(32)11-9-19/h4-15,24-25,32H,1-3H3,(H,29,33)/t24-,25-/m1/s1. The average molecular weight is 456 g/mol. The lowest BCUT2D eigenvalue weighted by molar-refractivity contribution is 0.475. The summed E-state index contributed by atoms with van der Waals surface area (Å²) >= 11 is 5.81. The Morgan fingerprint density at radius 2 is 1.76 bits per heavy atom. The monoisotopic (exact) mass is 455 g/mol. The molecule has 33 heavy (non-hydrogen) atoms. The van der Waals surface area contributed by atoms with Gasteiger partial charge in [-0.15, -0.1) is 0 Å². The molecule has 2 N–H and O–H groups in total. The van der Waals surface area contributed by atoms with Crippen LogP contribution in [0, 0.1) is 20.8 Å². The molecule has 3 aromatic heterocycles. The van der Waals surface area contributed by atoms with Crippen LogP contribution in [0.1, 0.15) is 40.3 Å². The van der Waals surface area contributed by atoms with Gasteiger partial charge >= 0.3 is 0 Å². The average Bonchev–Trinajstić information content (AvgIpc) is 3.31. The van der Waals surface area contributed by atoms with Crippen molar-refractivity contribution >= 4 is 23.0 Å². The van der Waals surface area contributed by atoms with Gasteiger partial charge < -0.3 is 19.9 Å². The number of aryl methyl sites for hydroxylation is 2. The van der Waals surface area contributed by atoms with Crippen molar-refractivity contribution < 1.29 is 5.11 Å². The van der Waals surface area contributed by atoms with Crippen LogP contribution >= 0.6 is 12.2 Å². The first-order valence-electron chi connectivity index (χ1n) is 10.9. The topological polar surface area (TPSA) is 66.2 Å². The molecular weight excluding hydrogens is 430 g/mol. The van der Waals surface area contributed by atoms with Crippen molar-refractivity contribution in [2.24, 2.45) is 0 Å². The summed E-state index contributed by atoms with van der Waals surface area (Å²) in [6.45, 7) is 6.25. The summed E-state index contributed by atoms with van der Waals surface area (Å²) in [5.74, 6) is 1.11. The van der Waals surface area contributed by atoms with Gasteiger partial charge in [0, 0.05) is 29.5 Å². The van der Waals surface area contributed by atoms with Crippen molar-refractivity contribution in [1.82, 2.24) is 19.9 Å². The smallest absolute Gasteiger partial charge is 0.174 e. The minimum atomic E-state index is -0.132. The van der Waals surface area contributed by atoms with Crippen LogP contribution in [-0.4, -0.2) is 24.8 Å². The molecule has 166 valence electrons. The highest BCUT2D eigenvalue weighted by Crippen LogP contribution is 2.43. The van der Waals surface area contributed by atoms with E-state index in [-0.39, 0.29) is 17.8 Å². The number of phenolic OH excluding ortho intramolecular Hbond substituents is 1. The lowest BCUT2D eigenvalue weighted by Crippen LogP contribution is -2.29. The number of rotatable bonds is 4. The van der Waals surface area contributed by atoms with Gasteiger partial charge in [-0.2, -0.15) is 0 Å². The molecule has 0 amide bonds. The zero-order valence-corrected chi connectivity index (χ0v) is 19.5. The van der Waals surface area contributed by atoms with Crippen molar-refractivity contribution in [3.8, 4) is 11.6 Å². The Kier molecular flexibility index (Phi) is 5.34. The van der Waals surface area contributed by atoms with Crippen LogP contribution in [0.25, 0.3) is 5.82 Å². The number of thiocarbonyl (C=S) groups is 1. The molecule has 4 aromatic rings. The van der Waals surface area contributed by atoms with E-state index < -0.39 is 0 Å². The molecule has 5 rings (SSSR count). The number of hydrogen-bond donors (Lipinski definition) is 2. The molecule has 0 radical (unpaired) electrons. The fourth-order valence-corrected chi connectivity index (χ4v) is 4.94. The maximum absolute atomic E-state index is 9.82. The Bertz CT molecular complexity index is 1300. The van der Waals surface area contributed by atoms with E-state index in [4.69, 9.17) is 12.2 Å². The number of benzene rings is 1. The largest absolute Gasteiger partial charge is 0.508 e. The van der Waals surface area contributed by atoms with Crippen molar-refractivity contribution in [2.45, 2.75) is 32.9 Å². The Morgan fingerprint density at radius 1 is 0.970 bits per heavy atom. The molecule has 0 aliphatic carbocycles. The van der Waals surface area contributed by atoms with Gasteiger partial charge in [0.1, 0.15) is 11.6 Å². The molecule has 6 nitrogen and oxygen atoms in total. The third kappa shape index (κ3) is 3.74. The van der Waals surface area contributed by atoms with Gasteiger partial charge in [0.2, 0.25) is 0 Å². The van der Waals surface area contributed by atoms with Gasteiger partial charge in [-0.1, -0.05) is 12.1 Å². The highest BCUT2D eigenvalue weighted by Gasteiger charge is 2.42. The molecule has 1 aromatic carbocycles. The molecule has 2 atom stereocenters. The lowest BCUT2D eigenvalue weighted by atomic mass is 9.96. The van der Waals surface area contributed by atoms with Gasteiger partial charge in [0.05, 0.1) is 17.8 Å². The third-order valence-electron chi connectivity index (χ3n) is 6.14. The van der Waals surface area contributed by atoms with E-state index in [2.05, 4.69) is 50.7 Å². The maximum Gasteiger partial charge on any atom is 0.174 e. The van der Waals surface area contributed by atoms with Crippen molar-refractivity contribution in [2.75, 3.05) is 4.90 Å². The minimum Gasteiger partial charge on any atom is -0.508 e.